The van der Waals surface area contributed by atoms with Crippen LogP contribution in [0.4, 0.5) is 0 Å². The van der Waals surface area contributed by atoms with E-state index < -0.39 is 0 Å². The first-order valence-corrected chi connectivity index (χ1v) is 3.60. The van der Waals surface area contributed by atoms with Gasteiger partial charge in [0.2, 0.25) is 0 Å². The molecule has 0 radical (unpaired) electrons. The summed E-state index contributed by atoms with van der Waals surface area (Å²) in [7, 11) is 1.67. The number of hydrogen-bond acceptors (Lipinski definition) is 1. The number of hydrogen-bond donors (Lipinski definition) is 0. The molecule has 1 nitrogen and oxygen atoms in total. The standard InChI is InChI=1S/C10H12O/c1-9-5-3-4-6-10(11-2)8-7-9/h3-8H,1-2H3. The summed E-state index contributed by atoms with van der Waals surface area (Å²) in [6.07, 6.45) is 11.9. The van der Waals surface area contributed by atoms with Crippen LogP contribution in [-0.4, -0.2) is 7.11 Å². The summed E-state index contributed by atoms with van der Waals surface area (Å²) in [6, 6.07) is 0. The SMILES string of the molecule is COC1=CC=C(C)C=CC=C1. The van der Waals surface area contributed by atoms with Gasteiger partial charge in [0.1, 0.15) is 5.76 Å². The molecule has 1 heteroatoms. The molecule has 0 spiro atoms. The van der Waals surface area contributed by atoms with E-state index in [1.807, 2.05) is 30.4 Å². The Balaban J connectivity index is 2.84. The van der Waals surface area contributed by atoms with Crippen LogP contribution in [0.1, 0.15) is 6.92 Å². The lowest BCUT2D eigenvalue weighted by atomic mass is 10.2. The first-order chi connectivity index (χ1) is 5.33. The molecule has 0 saturated carbocycles. The molecule has 0 saturated heterocycles. The van der Waals surface area contributed by atoms with Gasteiger partial charge in [0.25, 0.3) is 0 Å². The molecular formula is C10H12O. The van der Waals surface area contributed by atoms with Crippen LogP contribution in [0, 0.1) is 0 Å². The highest BCUT2D eigenvalue weighted by atomic mass is 16.5. The largest absolute Gasteiger partial charge is 0.497 e. The first-order valence-electron chi connectivity index (χ1n) is 3.60. The van der Waals surface area contributed by atoms with E-state index >= 15 is 0 Å². The zero-order chi connectivity index (χ0) is 8.10. The van der Waals surface area contributed by atoms with Crippen molar-refractivity contribution >= 4 is 0 Å². The van der Waals surface area contributed by atoms with Gasteiger partial charge in [-0.1, -0.05) is 29.9 Å². The molecule has 1 aliphatic carbocycles. The number of methoxy groups -OCH3 is 1. The van der Waals surface area contributed by atoms with Crippen LogP contribution in [0.25, 0.3) is 0 Å². The monoisotopic (exact) mass is 148 g/mol. The Bertz CT molecular complexity index is 242. The van der Waals surface area contributed by atoms with Crippen LogP contribution in [-0.2, 0) is 4.74 Å². The normalized spacial score (nSPS) is 16.5. The molecule has 0 fully saturated rings. The van der Waals surface area contributed by atoms with Gasteiger partial charge in [-0.15, -0.1) is 0 Å². The zero-order valence-corrected chi connectivity index (χ0v) is 6.87. The smallest absolute Gasteiger partial charge is 0.118 e. The van der Waals surface area contributed by atoms with Crippen molar-refractivity contribution in [2.45, 2.75) is 6.92 Å². The molecule has 1 rings (SSSR count). The summed E-state index contributed by atoms with van der Waals surface area (Å²) in [5.74, 6) is 0.883. The Kier molecular flexibility index (Phi) is 2.73. The number of allylic oxidation sites excluding steroid dienone is 7. The van der Waals surface area contributed by atoms with Gasteiger partial charge < -0.3 is 4.74 Å². The van der Waals surface area contributed by atoms with Crippen molar-refractivity contribution in [2.24, 2.45) is 0 Å². The minimum absolute atomic E-state index is 0.883. The van der Waals surface area contributed by atoms with E-state index in [4.69, 9.17) is 4.74 Å². The maximum atomic E-state index is 5.07. The minimum atomic E-state index is 0.883. The fourth-order valence-electron chi connectivity index (χ4n) is 0.819. The molecule has 0 aromatic carbocycles. The van der Waals surface area contributed by atoms with Crippen LogP contribution in [0.3, 0.4) is 0 Å². The van der Waals surface area contributed by atoms with Crippen LogP contribution in [0.2, 0.25) is 0 Å². The van der Waals surface area contributed by atoms with Gasteiger partial charge in [-0.3, -0.25) is 0 Å². The fraction of sp³-hybridized carbons (Fsp3) is 0.200. The van der Waals surface area contributed by atoms with E-state index in [0.717, 1.165) is 5.76 Å². The molecule has 0 bridgehead atoms. The van der Waals surface area contributed by atoms with Crippen molar-refractivity contribution in [3.8, 4) is 0 Å². The van der Waals surface area contributed by atoms with Crippen molar-refractivity contribution < 1.29 is 4.74 Å². The summed E-state index contributed by atoms with van der Waals surface area (Å²) in [6.45, 7) is 2.06. The quantitative estimate of drug-likeness (QED) is 0.555. The molecule has 0 aromatic rings. The van der Waals surface area contributed by atoms with Gasteiger partial charge in [0, 0.05) is 0 Å². The van der Waals surface area contributed by atoms with E-state index in [-0.39, 0.29) is 0 Å². The Labute approximate surface area is 67.4 Å². The van der Waals surface area contributed by atoms with Gasteiger partial charge >= 0.3 is 0 Å². The average Bonchev–Trinajstić information content (AvgIpc) is 1.98. The summed E-state index contributed by atoms with van der Waals surface area (Å²) in [5, 5.41) is 0. The number of rotatable bonds is 1. The molecule has 0 atom stereocenters. The lowest BCUT2D eigenvalue weighted by Crippen LogP contribution is -1.81. The molecule has 0 aliphatic heterocycles. The Morgan fingerprint density at radius 3 is 2.55 bits per heavy atom. The third-order valence-electron chi connectivity index (χ3n) is 1.48. The van der Waals surface area contributed by atoms with Gasteiger partial charge in [-0.05, 0) is 19.1 Å². The summed E-state index contributed by atoms with van der Waals surface area (Å²) >= 11 is 0. The highest BCUT2D eigenvalue weighted by molar-refractivity contribution is 5.32. The van der Waals surface area contributed by atoms with Crippen molar-refractivity contribution in [1.29, 1.82) is 0 Å². The van der Waals surface area contributed by atoms with E-state index in [0.29, 0.717) is 0 Å². The minimum Gasteiger partial charge on any atom is -0.497 e. The Morgan fingerprint density at radius 1 is 1.09 bits per heavy atom. The summed E-state index contributed by atoms with van der Waals surface area (Å²) in [5.41, 5.74) is 1.23. The van der Waals surface area contributed by atoms with Gasteiger partial charge in [0.15, 0.2) is 0 Å². The predicted molar refractivity (Wildman–Crippen MR) is 47.1 cm³/mol. The molecule has 0 N–H and O–H groups in total. The fourth-order valence-corrected chi connectivity index (χ4v) is 0.819. The molecule has 0 amide bonds. The van der Waals surface area contributed by atoms with E-state index in [1.54, 1.807) is 7.11 Å². The average molecular weight is 148 g/mol. The first kappa shape index (κ1) is 7.86. The van der Waals surface area contributed by atoms with Gasteiger partial charge in [0.05, 0.1) is 7.11 Å². The predicted octanol–water partition coefficient (Wildman–Crippen LogP) is 2.59. The Hall–Kier alpha value is -1.24. The third-order valence-corrected chi connectivity index (χ3v) is 1.48. The van der Waals surface area contributed by atoms with Crippen molar-refractivity contribution in [3.05, 3.63) is 47.8 Å². The maximum absolute atomic E-state index is 5.07. The molecule has 0 unspecified atom stereocenters. The highest BCUT2D eigenvalue weighted by Gasteiger charge is 1.88. The highest BCUT2D eigenvalue weighted by Crippen LogP contribution is 2.05. The zero-order valence-electron chi connectivity index (χ0n) is 6.87. The lowest BCUT2D eigenvalue weighted by molar-refractivity contribution is 0.307. The van der Waals surface area contributed by atoms with Crippen molar-refractivity contribution in [2.75, 3.05) is 7.11 Å². The van der Waals surface area contributed by atoms with Crippen molar-refractivity contribution in [1.82, 2.24) is 0 Å². The van der Waals surface area contributed by atoms with Crippen molar-refractivity contribution in [3.63, 3.8) is 0 Å². The second kappa shape index (κ2) is 3.81. The summed E-state index contributed by atoms with van der Waals surface area (Å²) < 4.78 is 5.07. The van der Waals surface area contributed by atoms with Crippen LogP contribution >= 0.6 is 0 Å². The van der Waals surface area contributed by atoms with E-state index in [2.05, 4.69) is 13.0 Å². The molecule has 0 aromatic heterocycles. The number of ether oxygens (including phenoxy) is 1. The topological polar surface area (TPSA) is 9.23 Å². The van der Waals surface area contributed by atoms with E-state index in [1.165, 1.54) is 5.57 Å². The molecule has 58 valence electrons. The van der Waals surface area contributed by atoms with Gasteiger partial charge in [-0.2, -0.15) is 0 Å². The maximum Gasteiger partial charge on any atom is 0.118 e. The van der Waals surface area contributed by atoms with Crippen LogP contribution in [0.15, 0.2) is 47.8 Å². The summed E-state index contributed by atoms with van der Waals surface area (Å²) in [4.78, 5) is 0. The third kappa shape index (κ3) is 2.46. The van der Waals surface area contributed by atoms with Crippen LogP contribution in [0.5, 0.6) is 0 Å². The second-order valence-electron chi connectivity index (χ2n) is 2.40. The molecule has 11 heavy (non-hydrogen) atoms. The van der Waals surface area contributed by atoms with Crippen LogP contribution < -0.4 is 0 Å². The Morgan fingerprint density at radius 2 is 1.82 bits per heavy atom. The molecule has 1 aliphatic rings. The molecular weight excluding hydrogens is 136 g/mol. The lowest BCUT2D eigenvalue weighted by Gasteiger charge is -1.99. The second-order valence-corrected chi connectivity index (χ2v) is 2.40. The van der Waals surface area contributed by atoms with Gasteiger partial charge in [-0.25, -0.2) is 0 Å². The van der Waals surface area contributed by atoms with E-state index in [9.17, 15) is 0 Å². The molecule has 0 heterocycles.